The number of rotatable bonds is 9. The summed E-state index contributed by atoms with van der Waals surface area (Å²) in [5, 5.41) is 14.3. The minimum atomic E-state index is -1.27. The lowest BCUT2D eigenvalue weighted by molar-refractivity contribution is -0.0883. The number of benzene rings is 2. The van der Waals surface area contributed by atoms with Crippen LogP contribution in [0.1, 0.15) is 22.4 Å². The Morgan fingerprint density at radius 3 is 2.49 bits per heavy atom. The van der Waals surface area contributed by atoms with Crippen molar-refractivity contribution >= 4 is 34.0 Å². The van der Waals surface area contributed by atoms with Crippen molar-refractivity contribution in [3.05, 3.63) is 88.4 Å². The smallest absolute Gasteiger partial charge is 0.217 e. The number of ether oxygens (including phenoxy) is 3. The van der Waals surface area contributed by atoms with Crippen molar-refractivity contribution in [3.63, 3.8) is 0 Å². The Morgan fingerprint density at radius 2 is 1.80 bits per heavy atom. The predicted octanol–water partition coefficient (Wildman–Crippen LogP) is 5.72. The van der Waals surface area contributed by atoms with Crippen LogP contribution in [0, 0.1) is 11.3 Å². The minimum Gasteiger partial charge on any atom is -0.374 e. The Hall–Kier alpha value is -2.80. The molecule has 1 aliphatic heterocycles. The zero-order valence-corrected chi connectivity index (χ0v) is 20.9. The predicted molar refractivity (Wildman–Crippen MR) is 137 cm³/mol. The molecule has 4 aromatic rings. The van der Waals surface area contributed by atoms with Gasteiger partial charge in [0.1, 0.15) is 23.5 Å². The maximum absolute atomic E-state index is 10.5. The maximum atomic E-state index is 10.5. The fourth-order valence-corrected chi connectivity index (χ4v) is 6.08. The molecule has 1 fully saturated rings. The van der Waals surface area contributed by atoms with Crippen LogP contribution in [-0.4, -0.2) is 35.0 Å². The molecular weight excluding hydrogens is 478 g/mol. The summed E-state index contributed by atoms with van der Waals surface area (Å²) in [5.74, 6) is 0. The Bertz CT molecular complexity index is 1310. The fraction of sp³-hybridized carbons (Fsp3) is 0.296. The number of hydrogen-bond donors (Lipinski definition) is 0. The normalized spacial score (nSPS) is 21.8. The Labute approximate surface area is 212 Å². The first-order valence-electron chi connectivity index (χ1n) is 11.4. The molecule has 0 radical (unpaired) electrons. The quantitative estimate of drug-likeness (QED) is 0.213. The molecule has 2 aromatic carbocycles. The van der Waals surface area contributed by atoms with Gasteiger partial charge >= 0.3 is 0 Å². The van der Waals surface area contributed by atoms with Crippen LogP contribution in [0.5, 0.6) is 0 Å². The van der Waals surface area contributed by atoms with Gasteiger partial charge in [0.05, 0.1) is 36.3 Å². The highest BCUT2D eigenvalue weighted by Gasteiger charge is 2.53. The first kappa shape index (κ1) is 23.9. The molecule has 0 unspecified atom stereocenters. The number of thiophene rings is 1. The second-order valence-corrected chi connectivity index (χ2v) is 9.99. The summed E-state index contributed by atoms with van der Waals surface area (Å²) < 4.78 is 18.8. The Balaban J connectivity index is 1.42. The van der Waals surface area contributed by atoms with Gasteiger partial charge in [0, 0.05) is 17.2 Å². The van der Waals surface area contributed by atoms with Gasteiger partial charge in [-0.15, -0.1) is 23.1 Å². The number of nitrogens with zero attached hydrogens (tertiary/aromatic N) is 3. The third-order valence-corrected chi connectivity index (χ3v) is 7.84. The Morgan fingerprint density at radius 1 is 1.09 bits per heavy atom. The molecule has 0 amide bonds. The number of thioether (sulfide) groups is 1. The molecule has 8 heteroatoms. The monoisotopic (exact) mass is 503 g/mol. The van der Waals surface area contributed by atoms with Crippen molar-refractivity contribution in [2.24, 2.45) is 0 Å². The number of nitriles is 1. The van der Waals surface area contributed by atoms with Crippen molar-refractivity contribution in [2.75, 3.05) is 12.9 Å². The second kappa shape index (κ2) is 10.9. The molecule has 3 heterocycles. The van der Waals surface area contributed by atoms with E-state index in [1.807, 2.05) is 72.3 Å². The van der Waals surface area contributed by atoms with E-state index in [1.165, 1.54) is 11.3 Å². The highest BCUT2D eigenvalue weighted by atomic mass is 32.2. The summed E-state index contributed by atoms with van der Waals surface area (Å²) in [5.41, 5.74) is 1.62. The van der Waals surface area contributed by atoms with Crippen molar-refractivity contribution in [2.45, 2.75) is 42.5 Å². The molecule has 178 valence electrons. The van der Waals surface area contributed by atoms with Crippen molar-refractivity contribution in [1.82, 2.24) is 9.97 Å². The van der Waals surface area contributed by atoms with Gasteiger partial charge in [-0.25, -0.2) is 9.97 Å². The number of fused-ring (bicyclic) bond motifs is 1. The lowest BCUT2D eigenvalue weighted by Gasteiger charge is -2.27. The first-order chi connectivity index (χ1) is 17.2. The maximum Gasteiger partial charge on any atom is 0.217 e. The van der Waals surface area contributed by atoms with Gasteiger partial charge in [-0.2, -0.15) is 5.26 Å². The average Bonchev–Trinajstić information content (AvgIpc) is 3.51. The molecule has 3 atom stereocenters. The van der Waals surface area contributed by atoms with E-state index in [0.29, 0.717) is 26.2 Å². The summed E-state index contributed by atoms with van der Waals surface area (Å²) in [6, 6.07) is 22.5. The molecular formula is C27H25N3O3S2. The minimum absolute atomic E-state index is 0.279. The highest BCUT2D eigenvalue weighted by molar-refractivity contribution is 7.98. The largest absolute Gasteiger partial charge is 0.374 e. The van der Waals surface area contributed by atoms with Crippen LogP contribution >= 0.6 is 23.1 Å². The topological polar surface area (TPSA) is 77.3 Å². The van der Waals surface area contributed by atoms with E-state index in [0.717, 1.165) is 31.9 Å². The Kier molecular flexibility index (Phi) is 7.42. The number of aromatic nitrogens is 2. The van der Waals surface area contributed by atoms with Crippen LogP contribution in [0.3, 0.4) is 0 Å². The van der Waals surface area contributed by atoms with E-state index in [-0.39, 0.29) is 6.10 Å². The first-order valence-corrected chi connectivity index (χ1v) is 13.5. The van der Waals surface area contributed by atoms with Gasteiger partial charge in [-0.05, 0) is 17.4 Å². The van der Waals surface area contributed by atoms with E-state index < -0.39 is 11.7 Å². The lowest BCUT2D eigenvalue weighted by atomic mass is 9.94. The molecule has 0 spiro atoms. The molecule has 0 aliphatic carbocycles. The molecule has 1 aliphatic rings. The third kappa shape index (κ3) is 4.96. The lowest BCUT2D eigenvalue weighted by Crippen LogP contribution is -2.36. The molecule has 5 rings (SSSR count). The third-order valence-electron chi connectivity index (χ3n) is 6.05. The molecule has 0 bridgehead atoms. The summed E-state index contributed by atoms with van der Waals surface area (Å²) >= 11 is 3.04. The molecule has 35 heavy (non-hydrogen) atoms. The van der Waals surface area contributed by atoms with E-state index in [9.17, 15) is 5.26 Å². The van der Waals surface area contributed by atoms with Crippen LogP contribution in [0.4, 0.5) is 0 Å². The zero-order chi connectivity index (χ0) is 24.1. The van der Waals surface area contributed by atoms with Gasteiger partial charge in [0.15, 0.2) is 0 Å². The molecule has 1 saturated heterocycles. The summed E-state index contributed by atoms with van der Waals surface area (Å²) in [7, 11) is 0. The van der Waals surface area contributed by atoms with Gasteiger partial charge in [-0.3, -0.25) is 0 Å². The highest BCUT2D eigenvalue weighted by Crippen LogP contribution is 2.47. The van der Waals surface area contributed by atoms with Crippen LogP contribution in [0.15, 0.2) is 77.4 Å². The van der Waals surface area contributed by atoms with E-state index in [4.69, 9.17) is 14.2 Å². The molecule has 0 saturated carbocycles. The average molecular weight is 504 g/mol. The van der Waals surface area contributed by atoms with E-state index >= 15 is 0 Å². The van der Waals surface area contributed by atoms with Gasteiger partial charge in [0.25, 0.3) is 0 Å². The SMILES string of the molecule is CSc1ncnc2c([C@]3(C#N)O[C@H](COCc4ccccc4)C[C@H]3OCc3ccccc3)scc12. The zero-order valence-electron chi connectivity index (χ0n) is 19.3. The van der Waals surface area contributed by atoms with Crippen LogP contribution in [0.25, 0.3) is 10.9 Å². The molecule has 2 aromatic heterocycles. The summed E-state index contributed by atoms with van der Waals surface area (Å²) in [6.07, 6.45) is 3.34. The fourth-order valence-electron chi connectivity index (χ4n) is 4.35. The molecule has 0 N–H and O–H groups in total. The van der Waals surface area contributed by atoms with Crippen molar-refractivity contribution in [1.29, 1.82) is 5.26 Å². The van der Waals surface area contributed by atoms with Crippen LogP contribution in [-0.2, 0) is 33.0 Å². The van der Waals surface area contributed by atoms with Crippen LogP contribution in [0.2, 0.25) is 0 Å². The standard InChI is InChI=1S/C27H25N3O3S2/c1-34-26-22-16-35-25(24(22)29-18-30-26)27(17-28)23(32-14-20-10-6-3-7-11-20)12-21(33-27)15-31-13-19-8-4-2-5-9-19/h2-11,16,18,21,23H,12-15H2,1H3/t21-,23+,27+/m0/s1. The van der Waals surface area contributed by atoms with Gasteiger partial charge in [0.2, 0.25) is 5.60 Å². The van der Waals surface area contributed by atoms with Gasteiger partial charge < -0.3 is 14.2 Å². The van der Waals surface area contributed by atoms with Crippen molar-refractivity contribution in [3.8, 4) is 6.07 Å². The van der Waals surface area contributed by atoms with Crippen LogP contribution < -0.4 is 0 Å². The van der Waals surface area contributed by atoms with Crippen molar-refractivity contribution < 1.29 is 14.2 Å². The second-order valence-electron chi connectivity index (χ2n) is 8.32. The summed E-state index contributed by atoms with van der Waals surface area (Å²) in [6.45, 7) is 1.25. The number of hydrogen-bond acceptors (Lipinski definition) is 8. The van der Waals surface area contributed by atoms with Gasteiger partial charge in [-0.1, -0.05) is 60.7 Å². The van der Waals surface area contributed by atoms with E-state index in [2.05, 4.69) is 16.0 Å². The molecule has 6 nitrogen and oxygen atoms in total. The van der Waals surface area contributed by atoms with E-state index in [1.54, 1.807) is 18.1 Å². The summed E-state index contributed by atoms with van der Waals surface area (Å²) in [4.78, 5) is 9.67.